The molecule has 1 nitrogen and oxygen atoms in total. The van der Waals surface area contributed by atoms with Gasteiger partial charge in [-0.05, 0) is 24.3 Å². The van der Waals surface area contributed by atoms with Crippen LogP contribution in [-0.4, -0.2) is 0 Å². The molecule has 0 amide bonds. The number of rotatable bonds is 1. The molecule has 16 heavy (non-hydrogen) atoms. The van der Waals surface area contributed by atoms with Gasteiger partial charge >= 0.3 is 0 Å². The first-order valence-electron chi connectivity index (χ1n) is 5.88. The Hall–Kier alpha value is -1.24. The van der Waals surface area contributed by atoms with Gasteiger partial charge in [0.1, 0.15) is 5.76 Å². The third kappa shape index (κ3) is 1.87. The molecule has 0 fully saturated rings. The van der Waals surface area contributed by atoms with Gasteiger partial charge in [0.05, 0.1) is 6.26 Å². The zero-order valence-electron chi connectivity index (χ0n) is 10.8. The quantitative estimate of drug-likeness (QED) is 0.671. The normalized spacial score (nSPS) is 20.9. The van der Waals surface area contributed by atoms with Crippen LogP contribution in [0.4, 0.5) is 0 Å². The highest BCUT2D eigenvalue weighted by Crippen LogP contribution is 2.36. The largest absolute Gasteiger partial charge is 0.464 e. The van der Waals surface area contributed by atoms with Crippen LogP contribution in [0.1, 0.15) is 45.9 Å². The lowest BCUT2D eigenvalue weighted by Gasteiger charge is -2.18. The Balaban J connectivity index is 2.44. The molecule has 2 rings (SSSR count). The molecule has 0 N–H and O–H groups in total. The first kappa shape index (κ1) is 11.3. The minimum Gasteiger partial charge on any atom is -0.464 e. The molecule has 1 aliphatic rings. The van der Waals surface area contributed by atoms with E-state index in [-0.39, 0.29) is 5.41 Å². The average Bonchev–Trinajstić information content (AvgIpc) is 2.72. The van der Waals surface area contributed by atoms with E-state index >= 15 is 0 Å². The van der Waals surface area contributed by atoms with Crippen molar-refractivity contribution in [1.29, 1.82) is 0 Å². The van der Waals surface area contributed by atoms with E-state index in [1.807, 2.05) is 0 Å². The van der Waals surface area contributed by atoms with Gasteiger partial charge in [0.2, 0.25) is 0 Å². The van der Waals surface area contributed by atoms with Crippen molar-refractivity contribution in [1.82, 2.24) is 0 Å². The monoisotopic (exact) mass is 216 g/mol. The van der Waals surface area contributed by atoms with Crippen molar-refractivity contribution >= 4 is 5.57 Å². The van der Waals surface area contributed by atoms with Crippen LogP contribution < -0.4 is 0 Å². The summed E-state index contributed by atoms with van der Waals surface area (Å²) >= 11 is 0. The number of hydrogen-bond acceptors (Lipinski definition) is 1. The van der Waals surface area contributed by atoms with E-state index in [0.717, 1.165) is 5.76 Å². The van der Waals surface area contributed by atoms with Crippen LogP contribution in [0.5, 0.6) is 0 Å². The van der Waals surface area contributed by atoms with E-state index in [1.54, 1.807) is 6.26 Å². The second-order valence-electron chi connectivity index (χ2n) is 5.71. The number of hydrogen-bond donors (Lipinski definition) is 0. The summed E-state index contributed by atoms with van der Waals surface area (Å²) < 4.78 is 5.66. The molecule has 1 aromatic rings. The van der Waals surface area contributed by atoms with Gasteiger partial charge in [0.15, 0.2) is 0 Å². The van der Waals surface area contributed by atoms with E-state index in [1.165, 1.54) is 16.7 Å². The molecule has 0 saturated heterocycles. The summed E-state index contributed by atoms with van der Waals surface area (Å²) in [5, 5.41) is 0. The Kier molecular flexibility index (Phi) is 2.57. The van der Waals surface area contributed by atoms with Crippen molar-refractivity contribution in [3.63, 3.8) is 0 Å². The standard InChI is InChI=1S/C15H20O/c1-10-8-12(9-11(10)2)14-13(6-7-16-14)15(3,4)5/h6-10H,1-5H3. The molecular formula is C15H20O. The minimum absolute atomic E-state index is 0.136. The highest BCUT2D eigenvalue weighted by molar-refractivity contribution is 5.77. The molecule has 0 aliphatic heterocycles. The van der Waals surface area contributed by atoms with Crippen molar-refractivity contribution in [3.05, 3.63) is 41.4 Å². The zero-order chi connectivity index (χ0) is 11.9. The topological polar surface area (TPSA) is 13.1 Å². The van der Waals surface area contributed by atoms with Crippen LogP contribution in [0.25, 0.3) is 5.57 Å². The van der Waals surface area contributed by atoms with E-state index in [9.17, 15) is 0 Å². The Morgan fingerprint density at radius 2 is 1.94 bits per heavy atom. The molecule has 1 heteroatoms. The Morgan fingerprint density at radius 3 is 2.44 bits per heavy atom. The molecule has 0 saturated carbocycles. The molecule has 0 spiro atoms. The van der Waals surface area contributed by atoms with Gasteiger partial charge in [-0.1, -0.05) is 45.4 Å². The summed E-state index contributed by atoms with van der Waals surface area (Å²) in [5.74, 6) is 1.57. The Morgan fingerprint density at radius 1 is 1.25 bits per heavy atom. The van der Waals surface area contributed by atoms with E-state index in [0.29, 0.717) is 5.92 Å². The van der Waals surface area contributed by atoms with Crippen LogP contribution in [0, 0.1) is 5.92 Å². The van der Waals surface area contributed by atoms with E-state index < -0.39 is 0 Å². The molecule has 1 aromatic heterocycles. The fraction of sp³-hybridized carbons (Fsp3) is 0.467. The molecule has 1 atom stereocenters. The van der Waals surface area contributed by atoms with Gasteiger partial charge in [-0.25, -0.2) is 0 Å². The van der Waals surface area contributed by atoms with Crippen molar-refractivity contribution in [3.8, 4) is 0 Å². The maximum absolute atomic E-state index is 5.66. The first-order chi connectivity index (χ1) is 7.39. The second kappa shape index (κ2) is 3.65. The van der Waals surface area contributed by atoms with Crippen LogP contribution in [0.15, 0.2) is 34.5 Å². The lowest BCUT2D eigenvalue weighted by Crippen LogP contribution is -2.11. The smallest absolute Gasteiger partial charge is 0.137 e. The van der Waals surface area contributed by atoms with Crippen molar-refractivity contribution < 1.29 is 4.42 Å². The highest BCUT2D eigenvalue weighted by atomic mass is 16.3. The fourth-order valence-electron chi connectivity index (χ4n) is 2.09. The minimum atomic E-state index is 0.136. The maximum atomic E-state index is 5.66. The summed E-state index contributed by atoms with van der Waals surface area (Å²) in [5.41, 5.74) is 4.07. The molecule has 1 heterocycles. The zero-order valence-corrected chi connectivity index (χ0v) is 10.8. The molecule has 1 aliphatic carbocycles. The molecule has 1 unspecified atom stereocenters. The Labute approximate surface area is 97.9 Å². The predicted molar refractivity (Wildman–Crippen MR) is 68.3 cm³/mol. The first-order valence-corrected chi connectivity index (χ1v) is 5.88. The lowest BCUT2D eigenvalue weighted by atomic mass is 9.86. The van der Waals surface area contributed by atoms with Crippen LogP contribution >= 0.6 is 0 Å². The highest BCUT2D eigenvalue weighted by Gasteiger charge is 2.24. The van der Waals surface area contributed by atoms with Gasteiger partial charge in [-0.3, -0.25) is 0 Å². The van der Waals surface area contributed by atoms with E-state index in [2.05, 4.69) is 52.8 Å². The summed E-state index contributed by atoms with van der Waals surface area (Å²) in [6, 6.07) is 2.09. The molecule has 0 aromatic carbocycles. The van der Waals surface area contributed by atoms with Gasteiger partial charge in [-0.15, -0.1) is 0 Å². The van der Waals surface area contributed by atoms with E-state index in [4.69, 9.17) is 4.42 Å². The number of allylic oxidation sites excluding steroid dienone is 4. The fourth-order valence-corrected chi connectivity index (χ4v) is 2.09. The SMILES string of the molecule is CC1=CC(c2occc2C(C)(C)C)=CC1C. The lowest BCUT2D eigenvalue weighted by molar-refractivity contribution is 0.525. The molecule has 0 bridgehead atoms. The summed E-state index contributed by atoms with van der Waals surface area (Å²) in [4.78, 5) is 0. The van der Waals surface area contributed by atoms with Crippen LogP contribution in [0.2, 0.25) is 0 Å². The third-order valence-corrected chi connectivity index (χ3v) is 3.27. The van der Waals surface area contributed by atoms with Gasteiger partial charge in [-0.2, -0.15) is 0 Å². The predicted octanol–water partition coefficient (Wildman–Crippen LogP) is 4.56. The van der Waals surface area contributed by atoms with Crippen molar-refractivity contribution in [2.45, 2.75) is 40.0 Å². The summed E-state index contributed by atoms with van der Waals surface area (Å²) in [6.07, 6.45) is 6.31. The molecular weight excluding hydrogens is 196 g/mol. The molecule has 0 radical (unpaired) electrons. The van der Waals surface area contributed by atoms with Crippen molar-refractivity contribution in [2.75, 3.05) is 0 Å². The Bertz CT molecular complexity index is 452. The van der Waals surface area contributed by atoms with Gasteiger partial charge in [0, 0.05) is 11.1 Å². The molecule has 86 valence electrons. The number of furan rings is 1. The van der Waals surface area contributed by atoms with Gasteiger partial charge < -0.3 is 4.42 Å². The summed E-state index contributed by atoms with van der Waals surface area (Å²) in [7, 11) is 0. The third-order valence-electron chi connectivity index (χ3n) is 3.27. The van der Waals surface area contributed by atoms with Gasteiger partial charge in [0.25, 0.3) is 0 Å². The van der Waals surface area contributed by atoms with Crippen LogP contribution in [0.3, 0.4) is 0 Å². The summed E-state index contributed by atoms with van der Waals surface area (Å²) in [6.45, 7) is 11.1. The second-order valence-corrected chi connectivity index (χ2v) is 5.71. The maximum Gasteiger partial charge on any atom is 0.137 e. The van der Waals surface area contributed by atoms with Crippen molar-refractivity contribution in [2.24, 2.45) is 5.92 Å². The average molecular weight is 216 g/mol. The van der Waals surface area contributed by atoms with Crippen LogP contribution in [-0.2, 0) is 5.41 Å².